The van der Waals surface area contributed by atoms with E-state index < -0.39 is 0 Å². The van der Waals surface area contributed by atoms with Crippen molar-refractivity contribution in [2.45, 2.75) is 19.3 Å². The van der Waals surface area contributed by atoms with Crippen molar-refractivity contribution in [3.05, 3.63) is 0 Å². The number of Topliss-reactive ketones (excluding diaryl/α,β-unsaturated/α-hetero) is 1. The number of ketones is 1. The molecule has 0 aromatic carbocycles. The molecule has 1 aliphatic heterocycles. The molecule has 0 unspecified atom stereocenters. The lowest BCUT2D eigenvalue weighted by Crippen LogP contribution is -2.20. The lowest BCUT2D eigenvalue weighted by Gasteiger charge is -2.20. The van der Waals surface area contributed by atoms with Gasteiger partial charge < -0.3 is 9.47 Å². The Morgan fingerprint density at radius 1 is 1.50 bits per heavy atom. The molecule has 3 heteroatoms. The molecule has 1 fully saturated rings. The summed E-state index contributed by atoms with van der Waals surface area (Å²) >= 11 is 0. The number of rotatable bonds is 4. The third kappa shape index (κ3) is 3.32. The van der Waals surface area contributed by atoms with E-state index >= 15 is 0 Å². The second-order valence-electron chi connectivity index (χ2n) is 3.23. The second-order valence-corrected chi connectivity index (χ2v) is 3.23. The van der Waals surface area contributed by atoms with Crippen LogP contribution >= 0.6 is 0 Å². The molecular formula is C9H16O3. The molecule has 0 aliphatic carbocycles. The first kappa shape index (κ1) is 9.68. The number of ether oxygens (including phenoxy) is 2. The first-order chi connectivity index (χ1) is 5.83. The maximum atomic E-state index is 11.1. The molecule has 1 heterocycles. The summed E-state index contributed by atoms with van der Waals surface area (Å²) in [5.74, 6) is 0.741. The van der Waals surface area contributed by atoms with Crippen LogP contribution in [0.4, 0.5) is 0 Å². The minimum absolute atomic E-state index is 0.212. The molecular weight excluding hydrogens is 156 g/mol. The Labute approximate surface area is 73.0 Å². The molecule has 0 N–H and O–H groups in total. The van der Waals surface area contributed by atoms with Gasteiger partial charge in [0, 0.05) is 26.7 Å². The topological polar surface area (TPSA) is 35.5 Å². The van der Waals surface area contributed by atoms with E-state index in [2.05, 4.69) is 0 Å². The van der Waals surface area contributed by atoms with Crippen LogP contribution in [0.3, 0.4) is 0 Å². The Hall–Kier alpha value is -0.410. The lowest BCUT2D eigenvalue weighted by atomic mass is 9.95. The predicted molar refractivity (Wildman–Crippen MR) is 45.0 cm³/mol. The van der Waals surface area contributed by atoms with Crippen molar-refractivity contribution < 1.29 is 14.3 Å². The zero-order valence-electron chi connectivity index (χ0n) is 7.54. The summed E-state index contributed by atoms with van der Waals surface area (Å²) in [6.07, 6.45) is 2.71. The van der Waals surface area contributed by atoms with E-state index in [1.54, 1.807) is 7.11 Å². The molecule has 12 heavy (non-hydrogen) atoms. The van der Waals surface area contributed by atoms with E-state index in [0.717, 1.165) is 26.1 Å². The Kier molecular flexibility index (Phi) is 4.25. The van der Waals surface area contributed by atoms with Crippen molar-refractivity contribution in [1.82, 2.24) is 0 Å². The van der Waals surface area contributed by atoms with Crippen LogP contribution in [0.5, 0.6) is 0 Å². The average Bonchev–Trinajstić information content (AvgIpc) is 2.06. The van der Waals surface area contributed by atoms with Gasteiger partial charge in [-0.2, -0.15) is 0 Å². The standard InChI is InChI=1S/C9H16O3/c1-11-7-9(10)6-8-2-4-12-5-3-8/h8H,2-7H2,1H3. The van der Waals surface area contributed by atoms with Gasteiger partial charge in [-0.15, -0.1) is 0 Å². The summed E-state index contributed by atoms with van der Waals surface area (Å²) in [4.78, 5) is 11.1. The third-order valence-electron chi connectivity index (χ3n) is 2.16. The normalized spacial score (nSPS) is 19.4. The molecule has 0 atom stereocenters. The van der Waals surface area contributed by atoms with Crippen LogP contribution in [0.15, 0.2) is 0 Å². The highest BCUT2D eigenvalue weighted by atomic mass is 16.5. The fourth-order valence-electron chi connectivity index (χ4n) is 1.49. The fourth-order valence-corrected chi connectivity index (χ4v) is 1.49. The molecule has 0 bridgehead atoms. The highest BCUT2D eigenvalue weighted by Gasteiger charge is 2.16. The zero-order chi connectivity index (χ0) is 8.81. The lowest BCUT2D eigenvalue weighted by molar-refractivity contribution is -0.124. The molecule has 0 aromatic heterocycles. The van der Waals surface area contributed by atoms with Crippen LogP contribution < -0.4 is 0 Å². The number of hydrogen-bond acceptors (Lipinski definition) is 3. The molecule has 70 valence electrons. The highest BCUT2D eigenvalue weighted by molar-refractivity contribution is 5.79. The van der Waals surface area contributed by atoms with Gasteiger partial charge in [0.25, 0.3) is 0 Å². The van der Waals surface area contributed by atoms with Crippen LogP contribution in [0.25, 0.3) is 0 Å². The Morgan fingerprint density at radius 2 is 2.17 bits per heavy atom. The van der Waals surface area contributed by atoms with Gasteiger partial charge in [0.05, 0.1) is 0 Å². The fraction of sp³-hybridized carbons (Fsp3) is 0.889. The summed E-state index contributed by atoms with van der Waals surface area (Å²) in [5.41, 5.74) is 0. The quantitative estimate of drug-likeness (QED) is 0.635. The number of carbonyl (C=O) groups excluding carboxylic acids is 1. The summed E-state index contributed by atoms with van der Waals surface area (Å²) in [6, 6.07) is 0. The minimum Gasteiger partial charge on any atom is -0.381 e. The van der Waals surface area contributed by atoms with Crippen LogP contribution in [0.2, 0.25) is 0 Å². The maximum Gasteiger partial charge on any atom is 0.158 e. The first-order valence-corrected chi connectivity index (χ1v) is 4.41. The van der Waals surface area contributed by atoms with Crippen LogP contribution in [0, 0.1) is 5.92 Å². The number of hydrogen-bond donors (Lipinski definition) is 0. The summed E-state index contributed by atoms with van der Waals surface area (Å²) < 4.78 is 9.96. The van der Waals surface area contributed by atoms with Gasteiger partial charge in [-0.25, -0.2) is 0 Å². The van der Waals surface area contributed by atoms with Crippen molar-refractivity contribution in [2.75, 3.05) is 26.9 Å². The molecule has 0 spiro atoms. The molecule has 0 radical (unpaired) electrons. The van der Waals surface area contributed by atoms with Crippen LogP contribution in [0.1, 0.15) is 19.3 Å². The van der Waals surface area contributed by atoms with E-state index in [0.29, 0.717) is 12.3 Å². The zero-order valence-corrected chi connectivity index (χ0v) is 7.54. The van der Waals surface area contributed by atoms with E-state index in [4.69, 9.17) is 9.47 Å². The van der Waals surface area contributed by atoms with E-state index in [1.807, 2.05) is 0 Å². The van der Waals surface area contributed by atoms with Crippen molar-refractivity contribution >= 4 is 5.78 Å². The minimum atomic E-state index is 0.212. The monoisotopic (exact) mass is 172 g/mol. The van der Waals surface area contributed by atoms with Crippen molar-refractivity contribution in [3.8, 4) is 0 Å². The molecule has 1 saturated heterocycles. The first-order valence-electron chi connectivity index (χ1n) is 4.41. The summed E-state index contributed by atoms with van der Waals surface area (Å²) in [6.45, 7) is 1.88. The van der Waals surface area contributed by atoms with Crippen LogP contribution in [-0.4, -0.2) is 32.7 Å². The molecule has 3 nitrogen and oxygen atoms in total. The molecule has 0 aromatic rings. The highest BCUT2D eigenvalue weighted by Crippen LogP contribution is 2.18. The smallest absolute Gasteiger partial charge is 0.158 e. The Bertz CT molecular complexity index is 139. The summed E-state index contributed by atoms with van der Waals surface area (Å²) in [7, 11) is 1.56. The van der Waals surface area contributed by atoms with Gasteiger partial charge in [-0.05, 0) is 18.8 Å². The van der Waals surface area contributed by atoms with Gasteiger partial charge in [-0.1, -0.05) is 0 Å². The molecule has 0 amide bonds. The third-order valence-corrected chi connectivity index (χ3v) is 2.16. The van der Waals surface area contributed by atoms with E-state index in [-0.39, 0.29) is 12.4 Å². The van der Waals surface area contributed by atoms with Crippen molar-refractivity contribution in [1.29, 1.82) is 0 Å². The SMILES string of the molecule is COCC(=O)CC1CCOCC1. The van der Waals surface area contributed by atoms with E-state index in [1.165, 1.54) is 0 Å². The van der Waals surface area contributed by atoms with Gasteiger partial charge in [0.2, 0.25) is 0 Å². The maximum absolute atomic E-state index is 11.1. The van der Waals surface area contributed by atoms with E-state index in [9.17, 15) is 4.79 Å². The van der Waals surface area contributed by atoms with Gasteiger partial charge in [0.1, 0.15) is 6.61 Å². The molecule has 1 rings (SSSR count). The molecule has 0 saturated carbocycles. The second kappa shape index (κ2) is 5.27. The largest absolute Gasteiger partial charge is 0.381 e. The Balaban J connectivity index is 2.15. The summed E-state index contributed by atoms with van der Waals surface area (Å²) in [5, 5.41) is 0. The van der Waals surface area contributed by atoms with Crippen LogP contribution in [-0.2, 0) is 14.3 Å². The van der Waals surface area contributed by atoms with Gasteiger partial charge in [0.15, 0.2) is 5.78 Å². The number of carbonyl (C=O) groups is 1. The predicted octanol–water partition coefficient (Wildman–Crippen LogP) is 1.02. The Morgan fingerprint density at radius 3 is 2.75 bits per heavy atom. The van der Waals surface area contributed by atoms with Crippen molar-refractivity contribution in [3.63, 3.8) is 0 Å². The molecule has 1 aliphatic rings. The van der Waals surface area contributed by atoms with Gasteiger partial charge in [-0.3, -0.25) is 4.79 Å². The van der Waals surface area contributed by atoms with Gasteiger partial charge >= 0.3 is 0 Å². The average molecular weight is 172 g/mol. The van der Waals surface area contributed by atoms with Crippen molar-refractivity contribution in [2.24, 2.45) is 5.92 Å². The number of methoxy groups -OCH3 is 1.